The van der Waals surface area contributed by atoms with Gasteiger partial charge in [0.2, 0.25) is 5.88 Å². The van der Waals surface area contributed by atoms with Gasteiger partial charge in [0.1, 0.15) is 11.3 Å². The minimum Gasteiger partial charge on any atom is -0.466 e. The fraction of sp³-hybridized carbons (Fsp3) is 0.261. The molecule has 1 atom stereocenters. The summed E-state index contributed by atoms with van der Waals surface area (Å²) < 4.78 is 15.9. The quantitative estimate of drug-likeness (QED) is 0.353. The normalized spacial score (nSPS) is 15.0. The van der Waals surface area contributed by atoms with E-state index < -0.39 is 17.9 Å². The van der Waals surface area contributed by atoms with Crippen LogP contribution in [0, 0.1) is 5.41 Å². The minimum atomic E-state index is -0.683. The van der Waals surface area contributed by atoms with E-state index in [1.165, 1.54) is 6.21 Å². The Labute approximate surface area is 180 Å². The van der Waals surface area contributed by atoms with E-state index in [2.05, 4.69) is 0 Å². The largest absolute Gasteiger partial charge is 0.466 e. The average Bonchev–Trinajstić information content (AvgIpc) is 2.74. The van der Waals surface area contributed by atoms with Crippen LogP contribution in [0.1, 0.15) is 37.3 Å². The summed E-state index contributed by atoms with van der Waals surface area (Å²) in [5.41, 5.74) is 15.4. The Balaban J connectivity index is 2.10. The third kappa shape index (κ3) is 4.53. The van der Waals surface area contributed by atoms with Crippen LogP contribution in [0.5, 0.6) is 5.75 Å². The molecule has 3 rings (SSSR count). The summed E-state index contributed by atoms with van der Waals surface area (Å²) in [6.07, 6.45) is 1.10. The number of hydrogen-bond donors (Lipinski definition) is 3. The lowest BCUT2D eigenvalue weighted by Gasteiger charge is -2.28. The Morgan fingerprint density at radius 3 is 2.42 bits per heavy atom. The molecule has 0 bridgehead atoms. The van der Waals surface area contributed by atoms with E-state index in [-0.39, 0.29) is 31.1 Å². The first-order chi connectivity index (χ1) is 14.9. The van der Waals surface area contributed by atoms with Crippen LogP contribution in [0.25, 0.3) is 11.1 Å². The van der Waals surface area contributed by atoms with Gasteiger partial charge in [0.05, 0.1) is 19.6 Å². The Morgan fingerprint density at radius 2 is 1.74 bits per heavy atom. The Morgan fingerprint density at radius 1 is 1.06 bits per heavy atom. The zero-order chi connectivity index (χ0) is 22.5. The lowest BCUT2D eigenvalue weighted by Crippen LogP contribution is -2.28. The minimum absolute atomic E-state index is 0.0873. The predicted octanol–water partition coefficient (Wildman–Crippen LogP) is 3.10. The van der Waals surface area contributed by atoms with Gasteiger partial charge in [-0.05, 0) is 49.2 Å². The zero-order valence-electron chi connectivity index (χ0n) is 17.4. The van der Waals surface area contributed by atoms with Crippen molar-refractivity contribution in [3.63, 3.8) is 0 Å². The number of nitrogens with one attached hydrogen (secondary N) is 1. The molecule has 0 aromatic heterocycles. The highest BCUT2D eigenvalue weighted by atomic mass is 16.5. The monoisotopic (exact) mass is 423 g/mol. The third-order valence-electron chi connectivity index (χ3n) is 4.97. The second-order valence-corrected chi connectivity index (χ2v) is 6.90. The Kier molecular flexibility index (Phi) is 6.59. The van der Waals surface area contributed by atoms with Gasteiger partial charge in [-0.25, -0.2) is 4.79 Å². The van der Waals surface area contributed by atoms with E-state index in [0.29, 0.717) is 22.6 Å². The first-order valence-corrected chi connectivity index (χ1v) is 9.94. The van der Waals surface area contributed by atoms with Crippen LogP contribution < -0.4 is 16.2 Å². The number of anilines is 1. The SMILES string of the molecule is CCOC(=O)CC1C(C(=O)OCC)=C(N)Oc2ccc(-c3ccc(N)c(C=N)c3)cc21. The summed E-state index contributed by atoms with van der Waals surface area (Å²) in [6, 6.07) is 10.8. The number of hydrogen-bond acceptors (Lipinski definition) is 8. The Hall–Kier alpha value is -3.81. The van der Waals surface area contributed by atoms with Gasteiger partial charge in [0, 0.05) is 28.9 Å². The lowest BCUT2D eigenvalue weighted by atomic mass is 9.84. The zero-order valence-corrected chi connectivity index (χ0v) is 17.4. The second-order valence-electron chi connectivity index (χ2n) is 6.90. The number of rotatable bonds is 7. The maximum atomic E-state index is 12.6. The first kappa shape index (κ1) is 21.9. The van der Waals surface area contributed by atoms with Crippen molar-refractivity contribution in [2.75, 3.05) is 18.9 Å². The van der Waals surface area contributed by atoms with Crippen molar-refractivity contribution < 1.29 is 23.8 Å². The van der Waals surface area contributed by atoms with Crippen LogP contribution in [0.15, 0.2) is 47.9 Å². The number of carbonyl (C=O) groups excluding carboxylic acids is 2. The Bertz CT molecular complexity index is 1060. The van der Waals surface area contributed by atoms with E-state index in [9.17, 15) is 9.59 Å². The number of fused-ring (bicyclic) bond motifs is 1. The van der Waals surface area contributed by atoms with Gasteiger partial charge >= 0.3 is 11.9 Å². The van der Waals surface area contributed by atoms with Crippen molar-refractivity contribution in [3.8, 4) is 16.9 Å². The fourth-order valence-corrected chi connectivity index (χ4v) is 3.52. The summed E-state index contributed by atoms with van der Waals surface area (Å²) in [4.78, 5) is 24.9. The standard InChI is InChI=1S/C23H25N3O5/c1-3-29-20(27)11-17-16-10-14(13-5-7-18(25)15(9-13)12-24)6-8-19(16)31-22(26)21(17)23(28)30-4-2/h5-10,12,17,24H,3-4,11,25-26H2,1-2H3. The molecule has 0 saturated carbocycles. The van der Waals surface area contributed by atoms with Gasteiger partial charge < -0.3 is 31.1 Å². The molecule has 1 unspecified atom stereocenters. The van der Waals surface area contributed by atoms with Crippen molar-refractivity contribution in [3.05, 3.63) is 59.0 Å². The molecule has 162 valence electrons. The number of esters is 2. The second kappa shape index (κ2) is 9.34. The molecule has 8 heteroatoms. The van der Waals surface area contributed by atoms with E-state index in [0.717, 1.165) is 11.1 Å². The van der Waals surface area contributed by atoms with Crippen LogP contribution in [-0.2, 0) is 19.1 Å². The topological polar surface area (TPSA) is 138 Å². The van der Waals surface area contributed by atoms with Crippen molar-refractivity contribution in [1.82, 2.24) is 0 Å². The molecule has 1 aliphatic heterocycles. The summed E-state index contributed by atoms with van der Waals surface area (Å²) in [5, 5.41) is 7.53. The van der Waals surface area contributed by atoms with Gasteiger partial charge in [-0.2, -0.15) is 0 Å². The molecule has 2 aromatic carbocycles. The van der Waals surface area contributed by atoms with Crippen LogP contribution in [-0.4, -0.2) is 31.4 Å². The fourth-order valence-electron chi connectivity index (χ4n) is 3.52. The van der Waals surface area contributed by atoms with Crippen LogP contribution in [0.4, 0.5) is 5.69 Å². The molecule has 8 nitrogen and oxygen atoms in total. The van der Waals surface area contributed by atoms with Gasteiger partial charge in [0.15, 0.2) is 0 Å². The molecular weight excluding hydrogens is 398 g/mol. The van der Waals surface area contributed by atoms with Crippen LogP contribution in [0.3, 0.4) is 0 Å². The van der Waals surface area contributed by atoms with Crippen molar-refractivity contribution in [2.45, 2.75) is 26.2 Å². The van der Waals surface area contributed by atoms with Gasteiger partial charge in [-0.15, -0.1) is 0 Å². The van der Waals surface area contributed by atoms with Gasteiger partial charge in [0.25, 0.3) is 0 Å². The summed E-state index contributed by atoms with van der Waals surface area (Å²) in [7, 11) is 0. The van der Waals surface area contributed by atoms with Crippen LogP contribution in [0.2, 0.25) is 0 Å². The molecule has 0 spiro atoms. The molecule has 0 fully saturated rings. The van der Waals surface area contributed by atoms with E-state index in [1.54, 1.807) is 32.0 Å². The number of ether oxygens (including phenoxy) is 3. The molecule has 31 heavy (non-hydrogen) atoms. The maximum Gasteiger partial charge on any atom is 0.340 e. The number of nitrogens with two attached hydrogens (primary N) is 2. The molecule has 0 aliphatic carbocycles. The van der Waals surface area contributed by atoms with Crippen molar-refractivity contribution in [1.29, 1.82) is 5.41 Å². The van der Waals surface area contributed by atoms with Gasteiger partial charge in [-0.3, -0.25) is 4.79 Å². The molecule has 1 aliphatic rings. The molecular formula is C23H25N3O5. The summed E-state index contributed by atoms with van der Waals surface area (Å²) in [5.74, 6) is -1.42. The molecule has 0 amide bonds. The molecule has 1 heterocycles. The summed E-state index contributed by atoms with van der Waals surface area (Å²) in [6.45, 7) is 3.78. The predicted molar refractivity (Wildman–Crippen MR) is 117 cm³/mol. The average molecular weight is 423 g/mol. The molecule has 0 radical (unpaired) electrons. The smallest absolute Gasteiger partial charge is 0.340 e. The number of nitrogen functional groups attached to an aromatic ring is 1. The number of carbonyl (C=O) groups is 2. The highest BCUT2D eigenvalue weighted by Crippen LogP contribution is 2.42. The lowest BCUT2D eigenvalue weighted by molar-refractivity contribution is -0.143. The summed E-state index contributed by atoms with van der Waals surface area (Å²) >= 11 is 0. The van der Waals surface area contributed by atoms with Crippen molar-refractivity contribution >= 4 is 23.8 Å². The first-order valence-electron chi connectivity index (χ1n) is 9.94. The highest BCUT2D eigenvalue weighted by Gasteiger charge is 2.36. The van der Waals surface area contributed by atoms with Crippen LogP contribution >= 0.6 is 0 Å². The van der Waals surface area contributed by atoms with Gasteiger partial charge in [-0.1, -0.05) is 12.1 Å². The third-order valence-corrected chi connectivity index (χ3v) is 4.97. The maximum absolute atomic E-state index is 12.6. The van der Waals surface area contributed by atoms with E-state index in [4.69, 9.17) is 31.1 Å². The molecule has 0 saturated heterocycles. The van der Waals surface area contributed by atoms with E-state index >= 15 is 0 Å². The highest BCUT2D eigenvalue weighted by molar-refractivity contribution is 5.93. The number of benzene rings is 2. The van der Waals surface area contributed by atoms with E-state index in [1.807, 2.05) is 18.2 Å². The molecule has 2 aromatic rings. The molecule has 5 N–H and O–H groups in total. The van der Waals surface area contributed by atoms with Crippen molar-refractivity contribution in [2.24, 2.45) is 5.73 Å².